The number of nitrogens with zero attached hydrogens (tertiary/aromatic N) is 4. The number of hydrogen-bond donors (Lipinski definition) is 1. The minimum atomic E-state index is -2.68. The number of alkyl halides is 2. The Bertz CT molecular complexity index is 950. The second-order valence-corrected chi connectivity index (χ2v) is 6.66. The first-order valence-corrected chi connectivity index (χ1v) is 8.67. The van der Waals surface area contributed by atoms with E-state index in [0.717, 1.165) is 0 Å². The minimum absolute atomic E-state index is 0.180. The van der Waals surface area contributed by atoms with Crippen molar-refractivity contribution in [3.05, 3.63) is 63.7 Å². The molecule has 2 heterocycles. The fraction of sp³-hybridized carbons (Fsp3) is 0.235. The van der Waals surface area contributed by atoms with Crippen molar-refractivity contribution in [3.8, 4) is 0 Å². The number of rotatable bonds is 6. The third-order valence-corrected chi connectivity index (χ3v) is 4.52. The summed E-state index contributed by atoms with van der Waals surface area (Å²) in [6.45, 7) is 1.77. The highest BCUT2D eigenvalue weighted by Crippen LogP contribution is 2.25. The largest absolute Gasteiger partial charge is 0.322 e. The van der Waals surface area contributed by atoms with Crippen LogP contribution in [0.5, 0.6) is 0 Å². The SMILES string of the molecule is Cc1cc(C(F)F)nn1CC(=O)Nc1cnn(Cc2c(Cl)cccc2Cl)c1. The molecule has 142 valence electrons. The van der Waals surface area contributed by atoms with Crippen molar-refractivity contribution >= 4 is 34.8 Å². The van der Waals surface area contributed by atoms with Crippen LogP contribution in [-0.4, -0.2) is 25.5 Å². The zero-order valence-electron chi connectivity index (χ0n) is 14.2. The number of nitrogens with one attached hydrogen (secondary N) is 1. The van der Waals surface area contributed by atoms with Gasteiger partial charge in [0.05, 0.1) is 18.4 Å². The predicted octanol–water partition coefficient (Wildman–Crippen LogP) is 4.32. The lowest BCUT2D eigenvalue weighted by molar-refractivity contribution is -0.117. The zero-order valence-corrected chi connectivity index (χ0v) is 15.7. The first kappa shape index (κ1) is 19.3. The lowest BCUT2D eigenvalue weighted by Crippen LogP contribution is -2.20. The molecule has 10 heteroatoms. The van der Waals surface area contributed by atoms with Gasteiger partial charge in [-0.25, -0.2) is 8.78 Å². The van der Waals surface area contributed by atoms with Crippen molar-refractivity contribution in [2.45, 2.75) is 26.4 Å². The van der Waals surface area contributed by atoms with Crippen molar-refractivity contribution in [3.63, 3.8) is 0 Å². The van der Waals surface area contributed by atoms with Crippen molar-refractivity contribution in [2.75, 3.05) is 5.32 Å². The van der Waals surface area contributed by atoms with Crippen LogP contribution in [0.2, 0.25) is 10.0 Å². The number of carbonyl (C=O) groups is 1. The van der Waals surface area contributed by atoms with Crippen molar-refractivity contribution in [1.29, 1.82) is 0 Å². The van der Waals surface area contributed by atoms with Gasteiger partial charge in [-0.05, 0) is 25.1 Å². The average molecular weight is 414 g/mol. The van der Waals surface area contributed by atoms with Gasteiger partial charge in [0.1, 0.15) is 12.2 Å². The van der Waals surface area contributed by atoms with E-state index in [1.165, 1.54) is 16.9 Å². The van der Waals surface area contributed by atoms with Crippen LogP contribution in [0.25, 0.3) is 0 Å². The van der Waals surface area contributed by atoms with Gasteiger partial charge < -0.3 is 5.32 Å². The highest BCUT2D eigenvalue weighted by Gasteiger charge is 2.15. The van der Waals surface area contributed by atoms with Crippen molar-refractivity contribution < 1.29 is 13.6 Å². The molecule has 0 unspecified atom stereocenters. The standard InChI is InChI=1S/C17H15Cl2F2N5O/c1-10-5-15(17(20)21)24-26(10)9-16(27)23-11-6-22-25(7-11)8-12-13(18)3-2-4-14(12)19/h2-7,17H,8-9H2,1H3,(H,23,27). The smallest absolute Gasteiger partial charge is 0.282 e. The van der Waals surface area contributed by atoms with Gasteiger partial charge in [-0.3, -0.25) is 14.2 Å². The lowest BCUT2D eigenvalue weighted by Gasteiger charge is -2.07. The van der Waals surface area contributed by atoms with Gasteiger partial charge in [-0.15, -0.1) is 0 Å². The van der Waals surface area contributed by atoms with Crippen LogP contribution < -0.4 is 5.32 Å². The van der Waals surface area contributed by atoms with Gasteiger partial charge in [0.2, 0.25) is 5.91 Å². The van der Waals surface area contributed by atoms with Gasteiger partial charge >= 0.3 is 0 Å². The number of hydrogen-bond acceptors (Lipinski definition) is 3. The van der Waals surface area contributed by atoms with Gasteiger partial charge in [-0.1, -0.05) is 29.3 Å². The number of aryl methyl sites for hydroxylation is 1. The Kier molecular flexibility index (Phi) is 5.76. The van der Waals surface area contributed by atoms with Crippen LogP contribution in [-0.2, 0) is 17.9 Å². The maximum Gasteiger partial charge on any atom is 0.282 e. The fourth-order valence-corrected chi connectivity index (χ4v) is 3.02. The Morgan fingerprint density at radius 2 is 2.00 bits per heavy atom. The highest BCUT2D eigenvalue weighted by molar-refractivity contribution is 6.35. The molecule has 2 aromatic heterocycles. The van der Waals surface area contributed by atoms with E-state index in [1.54, 1.807) is 36.0 Å². The molecule has 0 bridgehead atoms. The van der Waals surface area contributed by atoms with Crippen LogP contribution in [0.3, 0.4) is 0 Å². The van der Waals surface area contributed by atoms with Gasteiger partial charge in [-0.2, -0.15) is 10.2 Å². The summed E-state index contributed by atoms with van der Waals surface area (Å²) in [5.41, 5.74) is 1.30. The number of benzene rings is 1. The number of aromatic nitrogens is 4. The molecule has 6 nitrogen and oxygen atoms in total. The van der Waals surface area contributed by atoms with E-state index in [4.69, 9.17) is 23.2 Å². The molecule has 3 aromatic rings. The molecule has 0 aliphatic carbocycles. The number of anilines is 1. The molecule has 0 atom stereocenters. The molecular formula is C17H15Cl2F2N5O. The molecule has 27 heavy (non-hydrogen) atoms. The average Bonchev–Trinajstić information content (AvgIpc) is 3.18. The van der Waals surface area contributed by atoms with E-state index >= 15 is 0 Å². The van der Waals surface area contributed by atoms with Gasteiger partial charge in [0.15, 0.2) is 0 Å². The van der Waals surface area contributed by atoms with Gasteiger partial charge in [0, 0.05) is 27.5 Å². The second-order valence-electron chi connectivity index (χ2n) is 5.84. The molecule has 0 fully saturated rings. The Morgan fingerprint density at radius 1 is 1.30 bits per heavy atom. The molecule has 0 radical (unpaired) electrons. The van der Waals surface area contributed by atoms with Crippen LogP contribution in [0.15, 0.2) is 36.7 Å². The van der Waals surface area contributed by atoms with E-state index in [-0.39, 0.29) is 12.2 Å². The number of carbonyl (C=O) groups excluding carboxylic acids is 1. The summed E-state index contributed by atoms with van der Waals surface area (Å²) in [7, 11) is 0. The molecule has 3 rings (SSSR count). The zero-order chi connectivity index (χ0) is 19.6. The summed E-state index contributed by atoms with van der Waals surface area (Å²) in [6.07, 6.45) is 0.421. The van der Waals surface area contributed by atoms with E-state index < -0.39 is 12.3 Å². The Morgan fingerprint density at radius 3 is 2.63 bits per heavy atom. The quantitative estimate of drug-likeness (QED) is 0.654. The minimum Gasteiger partial charge on any atom is -0.322 e. The summed E-state index contributed by atoms with van der Waals surface area (Å²) in [4.78, 5) is 12.2. The third-order valence-electron chi connectivity index (χ3n) is 3.82. The normalized spacial score (nSPS) is 11.2. The molecule has 1 N–H and O–H groups in total. The number of amides is 1. The van der Waals surface area contributed by atoms with E-state index in [0.29, 0.717) is 33.5 Å². The van der Waals surface area contributed by atoms with Gasteiger partial charge in [0.25, 0.3) is 6.43 Å². The highest BCUT2D eigenvalue weighted by atomic mass is 35.5. The Hall–Kier alpha value is -2.45. The molecule has 1 amide bonds. The molecule has 0 saturated carbocycles. The summed E-state index contributed by atoms with van der Waals surface area (Å²) in [6, 6.07) is 6.47. The molecule has 1 aromatic carbocycles. The lowest BCUT2D eigenvalue weighted by atomic mass is 10.2. The van der Waals surface area contributed by atoms with Crippen LogP contribution >= 0.6 is 23.2 Å². The Labute approximate surface area is 163 Å². The molecule has 0 aliphatic rings. The maximum atomic E-state index is 12.7. The van der Waals surface area contributed by atoms with E-state index in [2.05, 4.69) is 15.5 Å². The maximum absolute atomic E-state index is 12.7. The van der Waals surface area contributed by atoms with Crippen LogP contribution in [0.1, 0.15) is 23.4 Å². The molecule has 0 aliphatic heterocycles. The van der Waals surface area contributed by atoms with E-state index in [9.17, 15) is 13.6 Å². The predicted molar refractivity (Wildman–Crippen MR) is 98.3 cm³/mol. The second kappa shape index (κ2) is 8.06. The third kappa shape index (κ3) is 4.64. The monoisotopic (exact) mass is 413 g/mol. The van der Waals surface area contributed by atoms with Crippen LogP contribution in [0.4, 0.5) is 14.5 Å². The summed E-state index contributed by atoms with van der Waals surface area (Å²) < 4.78 is 28.2. The Balaban J connectivity index is 1.64. The summed E-state index contributed by atoms with van der Waals surface area (Å²) in [5, 5.41) is 11.6. The topological polar surface area (TPSA) is 64.7 Å². The van der Waals surface area contributed by atoms with Crippen LogP contribution in [0, 0.1) is 6.92 Å². The van der Waals surface area contributed by atoms with Crippen molar-refractivity contribution in [2.24, 2.45) is 0 Å². The summed E-state index contributed by atoms with van der Waals surface area (Å²) in [5.74, 6) is -0.405. The van der Waals surface area contributed by atoms with E-state index in [1.807, 2.05) is 0 Å². The summed E-state index contributed by atoms with van der Waals surface area (Å²) >= 11 is 12.3. The fourth-order valence-electron chi connectivity index (χ4n) is 2.50. The van der Waals surface area contributed by atoms with Crippen molar-refractivity contribution in [1.82, 2.24) is 19.6 Å². The molecule has 0 spiro atoms. The molecule has 0 saturated heterocycles. The first-order valence-electron chi connectivity index (χ1n) is 7.91. The molecular weight excluding hydrogens is 399 g/mol. The first-order chi connectivity index (χ1) is 12.8. The number of halogens is 4.